The molecule has 2 rings (SSSR count). The standard InChI is InChI=1S/C15H22N2OS/c1-12-4-2-5-13(8-12)10-19-11-15(18)17-14-6-3-7-16-9-14/h2,4-5,8,14,16H,3,6-7,9-11H2,1H3,(H,17,18). The van der Waals surface area contributed by atoms with Crippen molar-refractivity contribution in [2.75, 3.05) is 18.8 Å². The maximum absolute atomic E-state index is 11.8. The first kappa shape index (κ1) is 14.4. The molecular weight excluding hydrogens is 256 g/mol. The Morgan fingerprint density at radius 1 is 1.53 bits per heavy atom. The molecule has 19 heavy (non-hydrogen) atoms. The van der Waals surface area contributed by atoms with Crippen molar-refractivity contribution in [3.8, 4) is 0 Å². The third-order valence-electron chi connectivity index (χ3n) is 3.25. The maximum atomic E-state index is 11.8. The molecule has 0 aromatic heterocycles. The second-order valence-electron chi connectivity index (χ2n) is 5.09. The summed E-state index contributed by atoms with van der Waals surface area (Å²) >= 11 is 1.68. The van der Waals surface area contributed by atoms with E-state index in [-0.39, 0.29) is 5.91 Å². The average Bonchev–Trinajstić information content (AvgIpc) is 2.40. The van der Waals surface area contributed by atoms with Gasteiger partial charge in [0, 0.05) is 18.3 Å². The van der Waals surface area contributed by atoms with Crippen LogP contribution in [0.1, 0.15) is 24.0 Å². The smallest absolute Gasteiger partial charge is 0.230 e. The summed E-state index contributed by atoms with van der Waals surface area (Å²) in [5, 5.41) is 6.40. The number of piperidine rings is 1. The third kappa shape index (κ3) is 5.25. The van der Waals surface area contributed by atoms with Gasteiger partial charge in [-0.3, -0.25) is 4.79 Å². The molecule has 0 aliphatic carbocycles. The van der Waals surface area contributed by atoms with Crippen LogP contribution in [0.3, 0.4) is 0 Å². The van der Waals surface area contributed by atoms with E-state index >= 15 is 0 Å². The van der Waals surface area contributed by atoms with E-state index in [0.29, 0.717) is 11.8 Å². The highest BCUT2D eigenvalue weighted by molar-refractivity contribution is 7.99. The van der Waals surface area contributed by atoms with Crippen molar-refractivity contribution in [1.29, 1.82) is 0 Å². The first-order chi connectivity index (χ1) is 9.24. The van der Waals surface area contributed by atoms with Gasteiger partial charge in [0.2, 0.25) is 5.91 Å². The number of rotatable bonds is 5. The van der Waals surface area contributed by atoms with Gasteiger partial charge in [-0.15, -0.1) is 11.8 Å². The first-order valence-corrected chi connectivity index (χ1v) is 8.03. The fourth-order valence-electron chi connectivity index (χ4n) is 2.31. The van der Waals surface area contributed by atoms with E-state index in [0.717, 1.165) is 31.7 Å². The molecule has 3 nitrogen and oxygen atoms in total. The fourth-order valence-corrected chi connectivity index (χ4v) is 3.09. The number of thioether (sulfide) groups is 1. The lowest BCUT2D eigenvalue weighted by Gasteiger charge is -2.23. The predicted octanol–water partition coefficient (Wildman–Crippen LogP) is 2.10. The van der Waals surface area contributed by atoms with Gasteiger partial charge in [-0.2, -0.15) is 0 Å². The van der Waals surface area contributed by atoms with Crippen LogP contribution in [0, 0.1) is 6.92 Å². The van der Waals surface area contributed by atoms with Crippen LogP contribution < -0.4 is 10.6 Å². The number of hydrogen-bond donors (Lipinski definition) is 2. The van der Waals surface area contributed by atoms with Gasteiger partial charge < -0.3 is 10.6 Å². The van der Waals surface area contributed by atoms with Gasteiger partial charge in [0.25, 0.3) is 0 Å². The summed E-state index contributed by atoms with van der Waals surface area (Å²) < 4.78 is 0. The Morgan fingerprint density at radius 2 is 2.42 bits per heavy atom. The highest BCUT2D eigenvalue weighted by Gasteiger charge is 2.14. The van der Waals surface area contributed by atoms with Gasteiger partial charge in [-0.1, -0.05) is 29.8 Å². The summed E-state index contributed by atoms with van der Waals surface area (Å²) in [6.45, 7) is 4.08. The van der Waals surface area contributed by atoms with Crippen molar-refractivity contribution in [1.82, 2.24) is 10.6 Å². The number of aryl methyl sites for hydroxylation is 1. The lowest BCUT2D eigenvalue weighted by atomic mass is 10.1. The maximum Gasteiger partial charge on any atom is 0.230 e. The van der Waals surface area contributed by atoms with E-state index in [9.17, 15) is 4.79 Å². The SMILES string of the molecule is Cc1cccc(CSCC(=O)NC2CCCNC2)c1. The summed E-state index contributed by atoms with van der Waals surface area (Å²) in [5.74, 6) is 1.61. The molecule has 1 amide bonds. The van der Waals surface area contributed by atoms with Crippen molar-refractivity contribution in [2.45, 2.75) is 31.6 Å². The van der Waals surface area contributed by atoms with Crippen LogP contribution in [0.2, 0.25) is 0 Å². The van der Waals surface area contributed by atoms with Crippen molar-refractivity contribution < 1.29 is 4.79 Å². The molecule has 1 aliphatic heterocycles. The zero-order chi connectivity index (χ0) is 13.5. The molecule has 1 heterocycles. The van der Waals surface area contributed by atoms with E-state index in [1.54, 1.807) is 11.8 Å². The molecule has 2 N–H and O–H groups in total. The number of amides is 1. The fraction of sp³-hybridized carbons (Fsp3) is 0.533. The highest BCUT2D eigenvalue weighted by atomic mass is 32.2. The molecule has 104 valence electrons. The van der Waals surface area contributed by atoms with E-state index in [4.69, 9.17) is 0 Å². The van der Waals surface area contributed by atoms with Crippen molar-refractivity contribution in [2.24, 2.45) is 0 Å². The van der Waals surface area contributed by atoms with Crippen molar-refractivity contribution in [3.05, 3.63) is 35.4 Å². The number of carbonyl (C=O) groups is 1. The molecule has 1 fully saturated rings. The molecule has 1 aromatic rings. The van der Waals surface area contributed by atoms with E-state index < -0.39 is 0 Å². The van der Waals surface area contributed by atoms with E-state index in [1.165, 1.54) is 11.1 Å². The Balaban J connectivity index is 1.66. The van der Waals surface area contributed by atoms with Crippen LogP contribution in [-0.2, 0) is 10.5 Å². The Hall–Kier alpha value is -1.00. The van der Waals surface area contributed by atoms with Crippen LogP contribution in [0.4, 0.5) is 0 Å². The van der Waals surface area contributed by atoms with Gasteiger partial charge in [0.1, 0.15) is 0 Å². The minimum absolute atomic E-state index is 0.159. The molecule has 0 spiro atoms. The van der Waals surface area contributed by atoms with Crippen molar-refractivity contribution >= 4 is 17.7 Å². The summed E-state index contributed by atoms with van der Waals surface area (Å²) in [5.41, 5.74) is 2.56. The van der Waals surface area contributed by atoms with Gasteiger partial charge >= 0.3 is 0 Å². The van der Waals surface area contributed by atoms with E-state index in [2.05, 4.69) is 41.8 Å². The van der Waals surface area contributed by atoms with Crippen LogP contribution in [-0.4, -0.2) is 30.8 Å². The first-order valence-electron chi connectivity index (χ1n) is 6.87. The monoisotopic (exact) mass is 278 g/mol. The summed E-state index contributed by atoms with van der Waals surface area (Å²) in [6.07, 6.45) is 2.25. The minimum Gasteiger partial charge on any atom is -0.351 e. The van der Waals surface area contributed by atoms with E-state index in [1.807, 2.05) is 0 Å². The molecule has 1 atom stereocenters. The molecule has 0 bridgehead atoms. The van der Waals surface area contributed by atoms with Crippen LogP contribution in [0.25, 0.3) is 0 Å². The number of nitrogens with one attached hydrogen (secondary N) is 2. The predicted molar refractivity (Wildman–Crippen MR) is 81.4 cm³/mol. The molecule has 4 heteroatoms. The molecule has 0 saturated carbocycles. The number of carbonyl (C=O) groups excluding carboxylic acids is 1. The third-order valence-corrected chi connectivity index (χ3v) is 4.25. The molecule has 1 aromatic carbocycles. The summed E-state index contributed by atoms with van der Waals surface area (Å²) in [6, 6.07) is 8.77. The highest BCUT2D eigenvalue weighted by Crippen LogP contribution is 2.13. The largest absolute Gasteiger partial charge is 0.351 e. The Morgan fingerprint density at radius 3 is 3.16 bits per heavy atom. The quantitative estimate of drug-likeness (QED) is 0.866. The second kappa shape index (κ2) is 7.56. The Labute approximate surface area is 119 Å². The normalized spacial score (nSPS) is 19.1. The average molecular weight is 278 g/mol. The molecule has 1 unspecified atom stereocenters. The molecule has 1 aliphatic rings. The summed E-state index contributed by atoms with van der Waals surface area (Å²) in [7, 11) is 0. The van der Waals surface area contributed by atoms with Crippen LogP contribution in [0.5, 0.6) is 0 Å². The molecule has 0 radical (unpaired) electrons. The second-order valence-corrected chi connectivity index (χ2v) is 6.08. The zero-order valence-corrected chi connectivity index (χ0v) is 12.3. The van der Waals surface area contributed by atoms with Crippen LogP contribution in [0.15, 0.2) is 24.3 Å². The lowest BCUT2D eigenvalue weighted by molar-refractivity contribution is -0.119. The van der Waals surface area contributed by atoms with Gasteiger partial charge in [-0.05, 0) is 31.9 Å². The minimum atomic E-state index is 0.159. The number of hydrogen-bond acceptors (Lipinski definition) is 3. The van der Waals surface area contributed by atoms with Gasteiger partial charge in [0.15, 0.2) is 0 Å². The molecular formula is C15H22N2OS. The number of benzene rings is 1. The van der Waals surface area contributed by atoms with Crippen LogP contribution >= 0.6 is 11.8 Å². The van der Waals surface area contributed by atoms with Crippen molar-refractivity contribution in [3.63, 3.8) is 0 Å². The lowest BCUT2D eigenvalue weighted by Crippen LogP contribution is -2.46. The van der Waals surface area contributed by atoms with Gasteiger partial charge in [0.05, 0.1) is 5.75 Å². The van der Waals surface area contributed by atoms with Gasteiger partial charge in [-0.25, -0.2) is 0 Å². The zero-order valence-electron chi connectivity index (χ0n) is 11.4. The summed E-state index contributed by atoms with van der Waals surface area (Å²) in [4.78, 5) is 11.8. The Kier molecular flexibility index (Phi) is 5.73. The molecule has 1 saturated heterocycles. The Bertz CT molecular complexity index is 416. The topological polar surface area (TPSA) is 41.1 Å².